The standard InChI is InChI=1S/C14H15Br2N3/c1-8(2)14-18-12(16)7-13(19-14)17-11-5-9(3)4-10(15)6-11/h4-8H,1-3H3,(H,17,18,19). The van der Waals surface area contributed by atoms with Crippen molar-refractivity contribution in [3.8, 4) is 0 Å². The Hall–Kier alpha value is -0.940. The molecule has 100 valence electrons. The van der Waals surface area contributed by atoms with E-state index in [2.05, 4.69) is 80.0 Å². The second-order valence-electron chi connectivity index (χ2n) is 4.73. The fraction of sp³-hybridized carbons (Fsp3) is 0.286. The Morgan fingerprint density at radius 2 is 1.79 bits per heavy atom. The lowest BCUT2D eigenvalue weighted by atomic mass is 10.2. The van der Waals surface area contributed by atoms with Crippen LogP contribution in [0.5, 0.6) is 0 Å². The number of anilines is 2. The Morgan fingerprint density at radius 3 is 2.42 bits per heavy atom. The molecule has 0 aliphatic rings. The first-order valence-corrected chi connectivity index (χ1v) is 7.61. The van der Waals surface area contributed by atoms with Crippen molar-refractivity contribution in [2.45, 2.75) is 26.7 Å². The SMILES string of the molecule is Cc1cc(Br)cc(Nc2cc(Br)nc(C(C)C)n2)c1. The van der Waals surface area contributed by atoms with Crippen LogP contribution in [0.4, 0.5) is 11.5 Å². The topological polar surface area (TPSA) is 37.8 Å². The van der Waals surface area contributed by atoms with Gasteiger partial charge in [-0.25, -0.2) is 9.97 Å². The fourth-order valence-electron chi connectivity index (χ4n) is 1.71. The summed E-state index contributed by atoms with van der Waals surface area (Å²) >= 11 is 6.92. The zero-order valence-corrected chi connectivity index (χ0v) is 14.2. The quantitative estimate of drug-likeness (QED) is 0.741. The van der Waals surface area contributed by atoms with Gasteiger partial charge in [-0.1, -0.05) is 29.8 Å². The van der Waals surface area contributed by atoms with Crippen LogP contribution < -0.4 is 5.32 Å². The maximum atomic E-state index is 4.52. The minimum Gasteiger partial charge on any atom is -0.340 e. The zero-order valence-electron chi connectivity index (χ0n) is 11.0. The summed E-state index contributed by atoms with van der Waals surface area (Å²) in [7, 11) is 0. The van der Waals surface area contributed by atoms with E-state index >= 15 is 0 Å². The normalized spacial score (nSPS) is 10.8. The van der Waals surface area contributed by atoms with Gasteiger partial charge in [0.2, 0.25) is 0 Å². The minimum absolute atomic E-state index is 0.294. The van der Waals surface area contributed by atoms with Gasteiger partial charge in [0, 0.05) is 22.1 Å². The largest absolute Gasteiger partial charge is 0.340 e. The number of nitrogens with zero attached hydrogens (tertiary/aromatic N) is 2. The van der Waals surface area contributed by atoms with Crippen molar-refractivity contribution in [3.63, 3.8) is 0 Å². The molecule has 1 heterocycles. The van der Waals surface area contributed by atoms with E-state index in [1.54, 1.807) is 0 Å². The number of rotatable bonds is 3. The van der Waals surface area contributed by atoms with Crippen LogP contribution in [0, 0.1) is 6.92 Å². The summed E-state index contributed by atoms with van der Waals surface area (Å²) in [5.74, 6) is 1.91. The van der Waals surface area contributed by atoms with E-state index in [9.17, 15) is 0 Å². The Kier molecular flexibility index (Phi) is 4.58. The molecule has 19 heavy (non-hydrogen) atoms. The third-order valence-electron chi connectivity index (χ3n) is 2.54. The Bertz CT molecular complexity index is 577. The van der Waals surface area contributed by atoms with Crippen LogP contribution in [0.2, 0.25) is 0 Å². The summed E-state index contributed by atoms with van der Waals surface area (Å²) in [6.45, 7) is 6.22. The van der Waals surface area contributed by atoms with Gasteiger partial charge in [-0.2, -0.15) is 0 Å². The number of aryl methyl sites for hydroxylation is 1. The number of hydrogen-bond donors (Lipinski definition) is 1. The Balaban J connectivity index is 2.32. The summed E-state index contributed by atoms with van der Waals surface area (Å²) in [4.78, 5) is 8.89. The highest BCUT2D eigenvalue weighted by Gasteiger charge is 2.07. The molecular formula is C14H15Br2N3. The molecule has 3 nitrogen and oxygen atoms in total. The lowest BCUT2D eigenvalue weighted by Gasteiger charge is -2.10. The molecule has 0 saturated heterocycles. The first kappa shape index (κ1) is 14.5. The molecule has 1 aromatic heterocycles. The molecule has 0 fully saturated rings. The highest BCUT2D eigenvalue weighted by atomic mass is 79.9. The summed E-state index contributed by atoms with van der Waals surface area (Å²) < 4.78 is 1.84. The number of benzene rings is 1. The van der Waals surface area contributed by atoms with Crippen molar-refractivity contribution in [1.82, 2.24) is 9.97 Å². The monoisotopic (exact) mass is 383 g/mol. The molecule has 0 aliphatic carbocycles. The fourth-order valence-corrected chi connectivity index (χ4v) is 2.72. The van der Waals surface area contributed by atoms with Crippen molar-refractivity contribution in [1.29, 1.82) is 0 Å². The molecule has 0 unspecified atom stereocenters. The molecular weight excluding hydrogens is 370 g/mol. The van der Waals surface area contributed by atoms with Crippen LogP contribution in [0.25, 0.3) is 0 Å². The maximum Gasteiger partial charge on any atom is 0.135 e. The van der Waals surface area contributed by atoms with E-state index in [1.165, 1.54) is 5.56 Å². The van der Waals surface area contributed by atoms with Crippen LogP contribution >= 0.6 is 31.9 Å². The smallest absolute Gasteiger partial charge is 0.135 e. The second-order valence-corrected chi connectivity index (χ2v) is 6.46. The van der Waals surface area contributed by atoms with E-state index < -0.39 is 0 Å². The van der Waals surface area contributed by atoms with Crippen molar-refractivity contribution < 1.29 is 0 Å². The first-order chi connectivity index (χ1) is 8.94. The van der Waals surface area contributed by atoms with Crippen LogP contribution in [-0.2, 0) is 0 Å². The van der Waals surface area contributed by atoms with Gasteiger partial charge in [0.25, 0.3) is 0 Å². The van der Waals surface area contributed by atoms with E-state index in [-0.39, 0.29) is 0 Å². The summed E-state index contributed by atoms with van der Waals surface area (Å²) in [6, 6.07) is 8.05. The lowest BCUT2D eigenvalue weighted by Crippen LogP contribution is -2.02. The third-order valence-corrected chi connectivity index (χ3v) is 3.41. The number of aromatic nitrogens is 2. The van der Waals surface area contributed by atoms with Crippen molar-refractivity contribution >= 4 is 43.4 Å². The molecule has 2 aromatic rings. The number of halogens is 2. The van der Waals surface area contributed by atoms with E-state index in [0.717, 1.165) is 26.4 Å². The van der Waals surface area contributed by atoms with Crippen molar-refractivity contribution in [2.75, 3.05) is 5.32 Å². The highest BCUT2D eigenvalue weighted by molar-refractivity contribution is 9.10. The van der Waals surface area contributed by atoms with Gasteiger partial charge in [-0.15, -0.1) is 0 Å². The summed E-state index contributed by atoms with van der Waals surface area (Å²) in [5.41, 5.74) is 2.20. The number of nitrogens with one attached hydrogen (secondary N) is 1. The molecule has 0 spiro atoms. The van der Waals surface area contributed by atoms with Gasteiger partial charge in [0.15, 0.2) is 0 Å². The minimum atomic E-state index is 0.294. The average Bonchev–Trinajstić information content (AvgIpc) is 2.26. The van der Waals surface area contributed by atoms with Crippen LogP contribution in [0.1, 0.15) is 31.2 Å². The molecule has 0 amide bonds. The first-order valence-electron chi connectivity index (χ1n) is 6.03. The summed E-state index contributed by atoms with van der Waals surface area (Å²) in [5, 5.41) is 3.31. The van der Waals surface area contributed by atoms with Gasteiger partial charge in [-0.3, -0.25) is 0 Å². The molecule has 0 aliphatic heterocycles. The average molecular weight is 385 g/mol. The van der Waals surface area contributed by atoms with Gasteiger partial charge in [-0.05, 0) is 46.6 Å². The highest BCUT2D eigenvalue weighted by Crippen LogP contribution is 2.24. The number of hydrogen-bond acceptors (Lipinski definition) is 3. The van der Waals surface area contributed by atoms with Crippen LogP contribution in [-0.4, -0.2) is 9.97 Å². The molecule has 0 bridgehead atoms. The third kappa shape index (κ3) is 4.01. The van der Waals surface area contributed by atoms with E-state index in [0.29, 0.717) is 5.92 Å². The van der Waals surface area contributed by atoms with Gasteiger partial charge >= 0.3 is 0 Å². The maximum absolute atomic E-state index is 4.52. The summed E-state index contributed by atoms with van der Waals surface area (Å²) in [6.07, 6.45) is 0. The molecule has 1 N–H and O–H groups in total. The molecule has 1 aromatic carbocycles. The van der Waals surface area contributed by atoms with E-state index in [1.807, 2.05) is 12.1 Å². The Labute approximate surface area is 130 Å². The van der Waals surface area contributed by atoms with Gasteiger partial charge in [0.1, 0.15) is 16.2 Å². The van der Waals surface area contributed by atoms with E-state index in [4.69, 9.17) is 0 Å². The second kappa shape index (κ2) is 6.01. The zero-order chi connectivity index (χ0) is 14.0. The predicted molar refractivity (Wildman–Crippen MR) is 86.0 cm³/mol. The van der Waals surface area contributed by atoms with Crippen molar-refractivity contribution in [2.24, 2.45) is 0 Å². The molecule has 0 atom stereocenters. The van der Waals surface area contributed by atoms with Crippen LogP contribution in [0.15, 0.2) is 33.3 Å². The molecule has 5 heteroatoms. The van der Waals surface area contributed by atoms with Gasteiger partial charge < -0.3 is 5.32 Å². The van der Waals surface area contributed by atoms with Gasteiger partial charge in [0.05, 0.1) is 0 Å². The van der Waals surface area contributed by atoms with Crippen LogP contribution in [0.3, 0.4) is 0 Å². The lowest BCUT2D eigenvalue weighted by molar-refractivity contribution is 0.771. The molecule has 2 rings (SSSR count). The predicted octanol–water partition coefficient (Wildman–Crippen LogP) is 5.18. The van der Waals surface area contributed by atoms with Crippen molar-refractivity contribution in [3.05, 3.63) is 44.7 Å². The molecule has 0 saturated carbocycles. The Morgan fingerprint density at radius 1 is 1.05 bits per heavy atom. The molecule has 0 radical (unpaired) electrons.